The van der Waals surface area contributed by atoms with Gasteiger partial charge in [0, 0.05) is 18.3 Å². The third-order valence-electron chi connectivity index (χ3n) is 2.00. The van der Waals surface area contributed by atoms with Crippen LogP contribution in [0.3, 0.4) is 0 Å². The number of halogens is 2. The summed E-state index contributed by atoms with van der Waals surface area (Å²) in [4.78, 5) is 0. The van der Waals surface area contributed by atoms with Crippen molar-refractivity contribution in [3.63, 3.8) is 0 Å². The van der Waals surface area contributed by atoms with Crippen molar-refractivity contribution < 1.29 is 0 Å². The normalized spacial score (nSPS) is 21.6. The van der Waals surface area contributed by atoms with Gasteiger partial charge in [0.15, 0.2) is 4.17 Å². The maximum Gasteiger partial charge on any atom is 0.185 e. The first-order valence-electron chi connectivity index (χ1n) is 4.64. The van der Waals surface area contributed by atoms with Gasteiger partial charge in [-0.2, -0.15) is 5.10 Å². The number of alkyl halides is 1. The second-order valence-electron chi connectivity index (χ2n) is 3.11. The second kappa shape index (κ2) is 5.90. The molecule has 76 valence electrons. The highest BCUT2D eigenvalue weighted by Gasteiger charge is 2.22. The Hall–Kier alpha value is 0.290. The van der Waals surface area contributed by atoms with Crippen molar-refractivity contribution in [2.45, 2.75) is 36.8 Å². The summed E-state index contributed by atoms with van der Waals surface area (Å²) in [7, 11) is 0. The van der Waals surface area contributed by atoms with Crippen LogP contribution in [-0.2, 0) is 0 Å². The smallest absolute Gasteiger partial charge is 0.185 e. The van der Waals surface area contributed by atoms with Gasteiger partial charge in [0.2, 0.25) is 0 Å². The van der Waals surface area contributed by atoms with Gasteiger partial charge >= 0.3 is 0 Å². The topological polar surface area (TPSA) is 18.8 Å². The van der Waals surface area contributed by atoms with Crippen LogP contribution in [-0.4, -0.2) is 26.5 Å². The molecule has 0 spiro atoms. The van der Waals surface area contributed by atoms with E-state index in [9.17, 15) is 0 Å². The monoisotopic (exact) mass is 315 g/mol. The lowest BCUT2D eigenvalue weighted by molar-refractivity contribution is 0.256. The highest BCUT2D eigenvalue weighted by molar-refractivity contribution is 14.1. The molecule has 1 unspecified atom stereocenters. The number of hydrazone groups is 1. The van der Waals surface area contributed by atoms with E-state index < -0.39 is 0 Å². The van der Waals surface area contributed by atoms with E-state index in [4.69, 9.17) is 11.8 Å². The van der Waals surface area contributed by atoms with E-state index in [-0.39, 0.29) is 4.17 Å². The van der Waals surface area contributed by atoms with E-state index in [1.54, 1.807) is 10.8 Å². The van der Waals surface area contributed by atoms with E-state index in [0.29, 0.717) is 0 Å². The molecular weight excluding hydrogens is 300 g/mol. The van der Waals surface area contributed by atoms with Crippen molar-refractivity contribution in [2.75, 3.05) is 6.54 Å². The molecule has 0 aromatic heterocycles. The van der Waals surface area contributed by atoms with E-state index in [0.717, 1.165) is 6.54 Å². The standard InChI is InChI=1S/C8H15ClIN3/c1-2-3-4-5-6-13-8(10)12(9)7-11-13/h7-8H,2-6H2,1H3. The van der Waals surface area contributed by atoms with Crippen LogP contribution in [0.25, 0.3) is 0 Å². The zero-order valence-electron chi connectivity index (χ0n) is 7.79. The summed E-state index contributed by atoms with van der Waals surface area (Å²) in [6.07, 6.45) is 6.74. The van der Waals surface area contributed by atoms with Gasteiger partial charge in [0.25, 0.3) is 0 Å². The molecular formula is C8H15ClIN3. The summed E-state index contributed by atoms with van der Waals surface area (Å²) in [6, 6.07) is 0. The fourth-order valence-corrected chi connectivity index (χ4v) is 1.92. The van der Waals surface area contributed by atoms with Crippen LogP contribution in [0.15, 0.2) is 5.10 Å². The minimum Gasteiger partial charge on any atom is -0.263 e. The average Bonchev–Trinajstić information content (AvgIpc) is 2.43. The zero-order valence-corrected chi connectivity index (χ0v) is 10.7. The summed E-state index contributed by atoms with van der Waals surface area (Å²) in [5, 5.41) is 6.21. The Labute approximate surface area is 98.3 Å². The maximum atomic E-state index is 5.83. The van der Waals surface area contributed by atoms with Gasteiger partial charge in [0.05, 0.1) is 0 Å². The minimum atomic E-state index is 0.181. The van der Waals surface area contributed by atoms with Gasteiger partial charge in [-0.3, -0.25) is 5.01 Å². The fraction of sp³-hybridized carbons (Fsp3) is 0.875. The number of hydrogen-bond donors (Lipinski definition) is 0. The lowest BCUT2D eigenvalue weighted by atomic mass is 10.2. The summed E-state index contributed by atoms with van der Waals surface area (Å²) < 4.78 is 1.78. The summed E-state index contributed by atoms with van der Waals surface area (Å²) in [5.41, 5.74) is 0. The lowest BCUT2D eigenvalue weighted by Gasteiger charge is -2.20. The van der Waals surface area contributed by atoms with Crippen molar-refractivity contribution >= 4 is 40.7 Å². The molecule has 1 rings (SSSR count). The molecule has 3 nitrogen and oxygen atoms in total. The Bertz CT molecular complexity index is 177. The molecule has 5 heteroatoms. The van der Waals surface area contributed by atoms with Crippen LogP contribution in [0, 0.1) is 0 Å². The molecule has 0 aromatic carbocycles. The summed E-state index contributed by atoms with van der Waals surface area (Å²) in [6.45, 7) is 3.23. The van der Waals surface area contributed by atoms with Crippen LogP contribution < -0.4 is 0 Å². The van der Waals surface area contributed by atoms with Crippen molar-refractivity contribution in [1.29, 1.82) is 0 Å². The molecule has 0 N–H and O–H groups in total. The lowest BCUT2D eigenvalue weighted by Crippen LogP contribution is -2.29. The molecule has 1 aliphatic rings. The maximum absolute atomic E-state index is 5.83. The third kappa shape index (κ3) is 3.50. The number of nitrogens with zero attached hydrogens (tertiary/aromatic N) is 3. The van der Waals surface area contributed by atoms with Crippen molar-refractivity contribution in [1.82, 2.24) is 9.43 Å². The van der Waals surface area contributed by atoms with Gasteiger partial charge in [-0.1, -0.05) is 26.2 Å². The first kappa shape index (κ1) is 11.4. The molecule has 0 saturated carbocycles. The van der Waals surface area contributed by atoms with Crippen LogP contribution >= 0.6 is 34.4 Å². The molecule has 0 fully saturated rings. The number of rotatable bonds is 5. The Kier molecular flexibility index (Phi) is 5.16. The highest BCUT2D eigenvalue weighted by Crippen LogP contribution is 2.20. The molecule has 1 atom stereocenters. The quantitative estimate of drug-likeness (QED) is 0.255. The molecule has 0 bridgehead atoms. The number of hydrogen-bond acceptors (Lipinski definition) is 3. The molecule has 1 heterocycles. The van der Waals surface area contributed by atoms with Crippen LogP contribution in [0.5, 0.6) is 0 Å². The Balaban J connectivity index is 2.12. The molecule has 0 saturated heterocycles. The summed E-state index contributed by atoms with van der Waals surface area (Å²) >= 11 is 8.11. The molecule has 13 heavy (non-hydrogen) atoms. The summed E-state index contributed by atoms with van der Waals surface area (Å²) in [5.74, 6) is 0. The van der Waals surface area contributed by atoms with Crippen molar-refractivity contribution in [2.24, 2.45) is 5.10 Å². The Morgan fingerprint density at radius 2 is 2.23 bits per heavy atom. The fourth-order valence-electron chi connectivity index (χ4n) is 1.22. The first-order valence-corrected chi connectivity index (χ1v) is 6.23. The Morgan fingerprint density at radius 1 is 1.46 bits per heavy atom. The predicted octanol–water partition coefficient (Wildman–Crippen LogP) is 3.00. The molecule has 0 amide bonds. The zero-order chi connectivity index (χ0) is 9.68. The van der Waals surface area contributed by atoms with Crippen LogP contribution in [0.4, 0.5) is 0 Å². The van der Waals surface area contributed by atoms with E-state index in [1.807, 2.05) is 5.01 Å². The first-order chi connectivity index (χ1) is 6.25. The third-order valence-corrected chi connectivity index (χ3v) is 3.85. The van der Waals surface area contributed by atoms with Gasteiger partial charge in [0.1, 0.15) is 6.34 Å². The molecule has 1 aliphatic heterocycles. The molecule has 0 aliphatic carbocycles. The van der Waals surface area contributed by atoms with Gasteiger partial charge in [-0.15, -0.1) is 0 Å². The molecule has 0 aromatic rings. The van der Waals surface area contributed by atoms with E-state index >= 15 is 0 Å². The van der Waals surface area contributed by atoms with Crippen LogP contribution in [0.2, 0.25) is 0 Å². The van der Waals surface area contributed by atoms with E-state index in [2.05, 4.69) is 34.6 Å². The second-order valence-corrected chi connectivity index (χ2v) is 4.61. The SMILES string of the molecule is CCCCCCN1N=CN(Cl)C1I. The van der Waals surface area contributed by atoms with Crippen molar-refractivity contribution in [3.8, 4) is 0 Å². The predicted molar refractivity (Wildman–Crippen MR) is 64.8 cm³/mol. The average molecular weight is 316 g/mol. The van der Waals surface area contributed by atoms with E-state index in [1.165, 1.54) is 25.7 Å². The van der Waals surface area contributed by atoms with Gasteiger partial charge in [-0.05, 0) is 29.0 Å². The van der Waals surface area contributed by atoms with Crippen LogP contribution in [0.1, 0.15) is 32.6 Å². The minimum absolute atomic E-state index is 0.181. The Morgan fingerprint density at radius 3 is 2.77 bits per heavy atom. The van der Waals surface area contributed by atoms with Crippen molar-refractivity contribution in [3.05, 3.63) is 0 Å². The molecule has 0 radical (unpaired) electrons. The largest absolute Gasteiger partial charge is 0.263 e. The van der Waals surface area contributed by atoms with Gasteiger partial charge < -0.3 is 0 Å². The van der Waals surface area contributed by atoms with Gasteiger partial charge in [-0.25, -0.2) is 4.42 Å². The highest BCUT2D eigenvalue weighted by atomic mass is 127. The number of unbranched alkanes of at least 4 members (excludes halogenated alkanes) is 3.